The molecule has 0 saturated heterocycles. The summed E-state index contributed by atoms with van der Waals surface area (Å²) in [6.45, 7) is 4.59. The van der Waals surface area contributed by atoms with E-state index in [0.717, 1.165) is 17.0 Å². The predicted molar refractivity (Wildman–Crippen MR) is 91.0 cm³/mol. The summed E-state index contributed by atoms with van der Waals surface area (Å²) >= 11 is 0. The van der Waals surface area contributed by atoms with Gasteiger partial charge in [-0.3, -0.25) is 19.6 Å². The molecule has 1 heterocycles. The minimum atomic E-state index is -0.436. The first kappa shape index (κ1) is 17.5. The van der Waals surface area contributed by atoms with Gasteiger partial charge in [0.05, 0.1) is 17.0 Å². The summed E-state index contributed by atoms with van der Waals surface area (Å²) in [5.41, 5.74) is 3.21. The van der Waals surface area contributed by atoms with Crippen molar-refractivity contribution in [3.8, 4) is 0 Å². The second-order valence-electron chi connectivity index (χ2n) is 5.50. The molecule has 8 nitrogen and oxygen atoms in total. The van der Waals surface area contributed by atoms with Crippen LogP contribution in [0, 0.1) is 24.0 Å². The van der Waals surface area contributed by atoms with Crippen LogP contribution in [-0.4, -0.2) is 33.7 Å². The van der Waals surface area contributed by atoms with E-state index in [9.17, 15) is 14.9 Å². The van der Waals surface area contributed by atoms with Crippen LogP contribution in [0.3, 0.4) is 0 Å². The second-order valence-corrected chi connectivity index (χ2v) is 5.50. The lowest BCUT2D eigenvalue weighted by Gasteiger charge is -2.08. The van der Waals surface area contributed by atoms with Gasteiger partial charge in [0, 0.05) is 37.5 Å². The molecule has 0 saturated carbocycles. The number of anilines is 1. The van der Waals surface area contributed by atoms with Gasteiger partial charge in [-0.2, -0.15) is 5.10 Å². The number of nitro groups is 1. The Labute approximate surface area is 140 Å². The van der Waals surface area contributed by atoms with E-state index in [2.05, 4.69) is 15.7 Å². The molecule has 0 fully saturated rings. The normalized spacial score (nSPS) is 10.5. The van der Waals surface area contributed by atoms with Crippen molar-refractivity contribution in [1.29, 1.82) is 0 Å². The van der Waals surface area contributed by atoms with Crippen molar-refractivity contribution in [3.63, 3.8) is 0 Å². The lowest BCUT2D eigenvalue weighted by Crippen LogP contribution is -2.30. The van der Waals surface area contributed by atoms with Crippen LogP contribution in [0.2, 0.25) is 0 Å². The number of rotatable bonds is 7. The van der Waals surface area contributed by atoms with E-state index in [4.69, 9.17) is 0 Å². The zero-order valence-corrected chi connectivity index (χ0v) is 14.0. The Bertz CT molecular complexity index is 754. The Morgan fingerprint density at radius 3 is 2.62 bits per heavy atom. The van der Waals surface area contributed by atoms with Crippen LogP contribution in [0.25, 0.3) is 0 Å². The highest BCUT2D eigenvalue weighted by Crippen LogP contribution is 2.22. The van der Waals surface area contributed by atoms with E-state index in [0.29, 0.717) is 18.8 Å². The number of aromatic nitrogens is 2. The molecule has 2 rings (SSSR count). The van der Waals surface area contributed by atoms with E-state index in [1.807, 2.05) is 20.9 Å². The maximum Gasteiger partial charge on any atom is 0.292 e. The number of carbonyl (C=O) groups is 1. The third kappa shape index (κ3) is 4.09. The van der Waals surface area contributed by atoms with Crippen LogP contribution >= 0.6 is 0 Å². The van der Waals surface area contributed by atoms with Crippen LogP contribution in [0.5, 0.6) is 0 Å². The summed E-state index contributed by atoms with van der Waals surface area (Å²) < 4.78 is 1.76. The minimum absolute atomic E-state index is 0.0189. The summed E-state index contributed by atoms with van der Waals surface area (Å²) in [6, 6.07) is 6.42. The van der Waals surface area contributed by atoms with Crippen molar-refractivity contribution in [2.24, 2.45) is 7.05 Å². The average molecular weight is 331 g/mol. The van der Waals surface area contributed by atoms with Crippen LogP contribution in [0.15, 0.2) is 24.3 Å². The third-order valence-corrected chi connectivity index (χ3v) is 3.86. The summed E-state index contributed by atoms with van der Waals surface area (Å²) in [7, 11) is 1.85. The van der Waals surface area contributed by atoms with Crippen molar-refractivity contribution in [2.45, 2.75) is 20.3 Å². The highest BCUT2D eigenvalue weighted by molar-refractivity contribution is 5.79. The number of hydrogen-bond acceptors (Lipinski definition) is 5. The monoisotopic (exact) mass is 331 g/mol. The third-order valence-electron chi connectivity index (χ3n) is 3.86. The van der Waals surface area contributed by atoms with Crippen molar-refractivity contribution >= 4 is 17.3 Å². The molecule has 0 unspecified atom stereocenters. The highest BCUT2D eigenvalue weighted by atomic mass is 16.6. The number of carbonyl (C=O) groups excluding carboxylic acids is 1. The standard InChI is InChI=1S/C16H21N5O3/c1-11-13(12(2)20(3)19-11)10-16(22)18-9-8-17-14-6-4-5-7-15(14)21(23)24/h4-7,17H,8-10H2,1-3H3,(H,18,22). The fraction of sp³-hybridized carbons (Fsp3) is 0.375. The maximum atomic E-state index is 12.0. The summed E-state index contributed by atoms with van der Waals surface area (Å²) in [4.78, 5) is 22.5. The van der Waals surface area contributed by atoms with E-state index < -0.39 is 4.92 Å². The second kappa shape index (κ2) is 7.58. The molecule has 1 aromatic heterocycles. The molecule has 0 spiro atoms. The van der Waals surface area contributed by atoms with E-state index in [1.165, 1.54) is 6.07 Å². The first-order chi connectivity index (χ1) is 11.4. The van der Waals surface area contributed by atoms with Gasteiger partial charge in [0.2, 0.25) is 5.91 Å². The number of nitrogens with one attached hydrogen (secondary N) is 2. The maximum absolute atomic E-state index is 12.0. The Kier molecular flexibility index (Phi) is 5.51. The number of benzene rings is 1. The van der Waals surface area contributed by atoms with Gasteiger partial charge < -0.3 is 10.6 Å². The number of amides is 1. The molecule has 2 N–H and O–H groups in total. The zero-order valence-electron chi connectivity index (χ0n) is 14.0. The molecule has 0 aliphatic carbocycles. The number of aryl methyl sites for hydroxylation is 2. The largest absolute Gasteiger partial charge is 0.378 e. The molecule has 0 atom stereocenters. The number of nitro benzene ring substituents is 1. The molecular weight excluding hydrogens is 310 g/mol. The van der Waals surface area contributed by atoms with Crippen molar-refractivity contribution in [3.05, 3.63) is 51.3 Å². The van der Waals surface area contributed by atoms with E-state index in [-0.39, 0.29) is 18.0 Å². The molecule has 0 radical (unpaired) electrons. The van der Waals surface area contributed by atoms with Crippen molar-refractivity contribution < 1.29 is 9.72 Å². The molecule has 1 aromatic carbocycles. The Balaban J connectivity index is 1.82. The topological polar surface area (TPSA) is 102 Å². The zero-order chi connectivity index (χ0) is 17.7. The fourth-order valence-electron chi connectivity index (χ4n) is 2.48. The fourth-order valence-corrected chi connectivity index (χ4v) is 2.48. The Morgan fingerprint density at radius 2 is 2.00 bits per heavy atom. The molecule has 128 valence electrons. The van der Waals surface area contributed by atoms with Gasteiger partial charge in [-0.05, 0) is 19.9 Å². The Hall–Kier alpha value is -2.90. The first-order valence-corrected chi connectivity index (χ1v) is 7.63. The molecule has 0 aliphatic heterocycles. The summed E-state index contributed by atoms with van der Waals surface area (Å²) in [5, 5.41) is 21.0. The van der Waals surface area contributed by atoms with Crippen molar-refractivity contribution in [1.82, 2.24) is 15.1 Å². The molecule has 8 heteroatoms. The number of para-hydroxylation sites is 2. The van der Waals surface area contributed by atoms with E-state index in [1.54, 1.807) is 22.9 Å². The van der Waals surface area contributed by atoms with Gasteiger partial charge in [-0.15, -0.1) is 0 Å². The van der Waals surface area contributed by atoms with Gasteiger partial charge in [-0.25, -0.2) is 0 Å². The predicted octanol–water partition coefficient (Wildman–Crippen LogP) is 1.72. The molecule has 0 aliphatic rings. The van der Waals surface area contributed by atoms with Crippen LogP contribution in [0.1, 0.15) is 17.0 Å². The number of nitrogens with zero attached hydrogens (tertiary/aromatic N) is 3. The van der Waals surface area contributed by atoms with Crippen LogP contribution in [-0.2, 0) is 18.3 Å². The van der Waals surface area contributed by atoms with Crippen LogP contribution < -0.4 is 10.6 Å². The Morgan fingerprint density at radius 1 is 1.29 bits per heavy atom. The van der Waals surface area contributed by atoms with Gasteiger partial charge >= 0.3 is 0 Å². The van der Waals surface area contributed by atoms with Crippen LogP contribution in [0.4, 0.5) is 11.4 Å². The lowest BCUT2D eigenvalue weighted by molar-refractivity contribution is -0.384. The summed E-state index contributed by atoms with van der Waals surface area (Å²) in [5.74, 6) is -0.0986. The van der Waals surface area contributed by atoms with Gasteiger partial charge in [0.1, 0.15) is 5.69 Å². The molecule has 1 amide bonds. The van der Waals surface area contributed by atoms with E-state index >= 15 is 0 Å². The lowest BCUT2D eigenvalue weighted by atomic mass is 10.1. The highest BCUT2D eigenvalue weighted by Gasteiger charge is 2.14. The van der Waals surface area contributed by atoms with Gasteiger partial charge in [0.25, 0.3) is 5.69 Å². The average Bonchev–Trinajstić information content (AvgIpc) is 2.78. The quantitative estimate of drug-likeness (QED) is 0.457. The van der Waals surface area contributed by atoms with Gasteiger partial charge in [-0.1, -0.05) is 12.1 Å². The molecule has 0 bridgehead atoms. The van der Waals surface area contributed by atoms with Gasteiger partial charge in [0.15, 0.2) is 0 Å². The SMILES string of the molecule is Cc1nn(C)c(C)c1CC(=O)NCCNc1ccccc1[N+](=O)[O-]. The smallest absolute Gasteiger partial charge is 0.292 e. The number of hydrogen-bond donors (Lipinski definition) is 2. The molecule has 24 heavy (non-hydrogen) atoms. The summed E-state index contributed by atoms with van der Waals surface area (Å²) in [6.07, 6.45) is 0.275. The minimum Gasteiger partial charge on any atom is -0.378 e. The van der Waals surface area contributed by atoms with Crippen molar-refractivity contribution in [2.75, 3.05) is 18.4 Å². The molecular formula is C16H21N5O3. The molecule has 2 aromatic rings. The first-order valence-electron chi connectivity index (χ1n) is 7.63.